The lowest BCUT2D eigenvalue weighted by molar-refractivity contribution is -0.00170. The summed E-state index contributed by atoms with van der Waals surface area (Å²) in [5.74, 6) is 2.68. The standard InChI is InChI=1S/C13H16O/c1-4-13(3,5-2)14-11-12-9-7-6-8-10-12/h1,6-10H,5,11H2,2-3H3. The van der Waals surface area contributed by atoms with E-state index in [1.807, 2.05) is 44.2 Å². The minimum atomic E-state index is -0.435. The SMILES string of the molecule is C#CC(C)(CC)OCc1ccccc1. The van der Waals surface area contributed by atoms with Crippen LogP contribution in [-0.4, -0.2) is 5.60 Å². The van der Waals surface area contributed by atoms with E-state index >= 15 is 0 Å². The van der Waals surface area contributed by atoms with E-state index in [4.69, 9.17) is 11.2 Å². The molecular formula is C13H16O. The van der Waals surface area contributed by atoms with Gasteiger partial charge in [0.05, 0.1) is 6.61 Å². The first kappa shape index (κ1) is 10.8. The molecular weight excluding hydrogens is 172 g/mol. The topological polar surface area (TPSA) is 9.23 Å². The molecule has 0 radical (unpaired) electrons. The Morgan fingerprint density at radius 1 is 1.36 bits per heavy atom. The van der Waals surface area contributed by atoms with Gasteiger partial charge in [0.1, 0.15) is 5.60 Å². The zero-order chi connectivity index (χ0) is 10.4. The van der Waals surface area contributed by atoms with Crippen LogP contribution in [0.1, 0.15) is 25.8 Å². The number of hydrogen-bond acceptors (Lipinski definition) is 1. The first-order valence-corrected chi connectivity index (χ1v) is 4.86. The van der Waals surface area contributed by atoms with E-state index in [2.05, 4.69) is 5.92 Å². The molecule has 1 unspecified atom stereocenters. The normalized spacial score (nSPS) is 14.4. The predicted molar refractivity (Wildman–Crippen MR) is 58.8 cm³/mol. The smallest absolute Gasteiger partial charge is 0.125 e. The number of ether oxygens (including phenoxy) is 1. The van der Waals surface area contributed by atoms with Crippen LogP contribution >= 0.6 is 0 Å². The van der Waals surface area contributed by atoms with Gasteiger partial charge in [0.15, 0.2) is 0 Å². The van der Waals surface area contributed by atoms with E-state index in [-0.39, 0.29) is 0 Å². The van der Waals surface area contributed by atoms with Gasteiger partial charge in [0.25, 0.3) is 0 Å². The van der Waals surface area contributed by atoms with Gasteiger partial charge in [0.2, 0.25) is 0 Å². The van der Waals surface area contributed by atoms with Gasteiger partial charge in [-0.15, -0.1) is 6.42 Å². The maximum absolute atomic E-state index is 5.68. The lowest BCUT2D eigenvalue weighted by Gasteiger charge is -2.22. The van der Waals surface area contributed by atoms with Crippen molar-refractivity contribution in [1.82, 2.24) is 0 Å². The summed E-state index contributed by atoms with van der Waals surface area (Å²) in [6, 6.07) is 10.1. The molecule has 0 amide bonds. The van der Waals surface area contributed by atoms with Crippen molar-refractivity contribution >= 4 is 0 Å². The Morgan fingerprint density at radius 2 is 2.00 bits per heavy atom. The Morgan fingerprint density at radius 3 is 2.50 bits per heavy atom. The third-order valence-electron chi connectivity index (χ3n) is 2.38. The van der Waals surface area contributed by atoms with E-state index in [0.717, 1.165) is 12.0 Å². The zero-order valence-corrected chi connectivity index (χ0v) is 8.79. The van der Waals surface area contributed by atoms with Crippen LogP contribution < -0.4 is 0 Å². The van der Waals surface area contributed by atoms with Crippen LogP contribution in [0, 0.1) is 12.3 Å². The van der Waals surface area contributed by atoms with Gasteiger partial charge in [-0.2, -0.15) is 0 Å². The second-order valence-corrected chi connectivity index (χ2v) is 3.50. The highest BCUT2D eigenvalue weighted by molar-refractivity contribution is 5.14. The van der Waals surface area contributed by atoms with E-state index in [1.165, 1.54) is 0 Å². The van der Waals surface area contributed by atoms with Crippen molar-refractivity contribution in [1.29, 1.82) is 0 Å². The molecule has 0 bridgehead atoms. The number of benzene rings is 1. The molecule has 0 aromatic heterocycles. The van der Waals surface area contributed by atoms with Gasteiger partial charge in [-0.3, -0.25) is 0 Å². The lowest BCUT2D eigenvalue weighted by Crippen LogP contribution is -2.25. The minimum Gasteiger partial charge on any atom is -0.358 e. The molecule has 1 aromatic rings. The molecule has 0 N–H and O–H groups in total. The Kier molecular flexibility index (Phi) is 3.73. The summed E-state index contributed by atoms with van der Waals surface area (Å²) in [6.45, 7) is 4.55. The van der Waals surface area contributed by atoms with Crippen molar-refractivity contribution in [3.8, 4) is 12.3 Å². The molecule has 1 rings (SSSR count). The van der Waals surface area contributed by atoms with Crippen LogP contribution in [0.3, 0.4) is 0 Å². The molecule has 1 nitrogen and oxygen atoms in total. The fraction of sp³-hybridized carbons (Fsp3) is 0.385. The minimum absolute atomic E-state index is 0.435. The first-order chi connectivity index (χ1) is 6.70. The van der Waals surface area contributed by atoms with E-state index < -0.39 is 5.60 Å². The zero-order valence-electron chi connectivity index (χ0n) is 8.79. The summed E-state index contributed by atoms with van der Waals surface area (Å²) in [7, 11) is 0. The molecule has 0 aliphatic heterocycles. The van der Waals surface area contributed by atoms with Crippen LogP contribution in [0.4, 0.5) is 0 Å². The molecule has 1 atom stereocenters. The Hall–Kier alpha value is -1.26. The highest BCUT2D eigenvalue weighted by Gasteiger charge is 2.18. The second kappa shape index (κ2) is 4.83. The summed E-state index contributed by atoms with van der Waals surface area (Å²) < 4.78 is 5.68. The van der Waals surface area contributed by atoms with E-state index in [9.17, 15) is 0 Å². The molecule has 0 spiro atoms. The Bertz CT molecular complexity index is 310. The van der Waals surface area contributed by atoms with Crippen molar-refractivity contribution in [2.45, 2.75) is 32.5 Å². The van der Waals surface area contributed by atoms with Crippen molar-refractivity contribution in [2.75, 3.05) is 0 Å². The summed E-state index contributed by atoms with van der Waals surface area (Å²) in [5.41, 5.74) is 0.720. The molecule has 0 fully saturated rings. The highest BCUT2D eigenvalue weighted by atomic mass is 16.5. The van der Waals surface area contributed by atoms with Crippen LogP contribution in [-0.2, 0) is 11.3 Å². The van der Waals surface area contributed by atoms with Crippen molar-refractivity contribution in [2.24, 2.45) is 0 Å². The van der Waals surface area contributed by atoms with E-state index in [1.54, 1.807) is 0 Å². The summed E-state index contributed by atoms with van der Waals surface area (Å²) in [4.78, 5) is 0. The largest absolute Gasteiger partial charge is 0.358 e. The monoisotopic (exact) mass is 188 g/mol. The summed E-state index contributed by atoms with van der Waals surface area (Å²) in [5, 5.41) is 0. The van der Waals surface area contributed by atoms with Gasteiger partial charge in [0, 0.05) is 0 Å². The molecule has 0 saturated heterocycles. The molecule has 1 heteroatoms. The molecule has 74 valence electrons. The molecule has 1 aromatic carbocycles. The van der Waals surface area contributed by atoms with Crippen molar-refractivity contribution in [3.05, 3.63) is 35.9 Å². The van der Waals surface area contributed by atoms with Crippen LogP contribution in [0.25, 0.3) is 0 Å². The van der Waals surface area contributed by atoms with Crippen LogP contribution in [0.15, 0.2) is 30.3 Å². The van der Waals surface area contributed by atoms with Crippen molar-refractivity contribution in [3.63, 3.8) is 0 Å². The van der Waals surface area contributed by atoms with Crippen molar-refractivity contribution < 1.29 is 4.74 Å². The fourth-order valence-electron chi connectivity index (χ4n) is 1.06. The third kappa shape index (κ3) is 2.90. The number of terminal acetylenes is 1. The Labute approximate surface area is 86.1 Å². The molecule has 0 saturated carbocycles. The molecule has 14 heavy (non-hydrogen) atoms. The predicted octanol–water partition coefficient (Wildman–Crippen LogP) is 3.01. The number of rotatable bonds is 4. The average molecular weight is 188 g/mol. The summed E-state index contributed by atoms with van der Waals surface area (Å²) >= 11 is 0. The van der Waals surface area contributed by atoms with Gasteiger partial charge >= 0.3 is 0 Å². The van der Waals surface area contributed by atoms with Gasteiger partial charge in [-0.1, -0.05) is 43.2 Å². The molecule has 0 heterocycles. The summed E-state index contributed by atoms with van der Waals surface area (Å²) in [6.07, 6.45) is 6.24. The Balaban J connectivity index is 2.53. The van der Waals surface area contributed by atoms with Crippen LogP contribution in [0.5, 0.6) is 0 Å². The third-order valence-corrected chi connectivity index (χ3v) is 2.38. The molecule has 0 aliphatic rings. The lowest BCUT2D eigenvalue weighted by atomic mass is 10.1. The van der Waals surface area contributed by atoms with E-state index in [0.29, 0.717) is 6.61 Å². The molecule has 0 aliphatic carbocycles. The quantitative estimate of drug-likeness (QED) is 0.660. The van der Waals surface area contributed by atoms with Gasteiger partial charge < -0.3 is 4.74 Å². The maximum Gasteiger partial charge on any atom is 0.125 e. The number of hydrogen-bond donors (Lipinski definition) is 0. The van der Waals surface area contributed by atoms with Crippen LogP contribution in [0.2, 0.25) is 0 Å². The van der Waals surface area contributed by atoms with Gasteiger partial charge in [-0.25, -0.2) is 0 Å². The maximum atomic E-state index is 5.68. The highest BCUT2D eigenvalue weighted by Crippen LogP contribution is 2.16. The van der Waals surface area contributed by atoms with Gasteiger partial charge in [-0.05, 0) is 18.9 Å². The average Bonchev–Trinajstić information content (AvgIpc) is 2.27. The fourth-order valence-corrected chi connectivity index (χ4v) is 1.06. The first-order valence-electron chi connectivity index (χ1n) is 4.86. The second-order valence-electron chi connectivity index (χ2n) is 3.50.